The normalized spacial score (nSPS) is 18.2. The molecule has 30 heavy (non-hydrogen) atoms. The monoisotopic (exact) mass is 429 g/mol. The molecule has 0 aliphatic carbocycles. The summed E-state index contributed by atoms with van der Waals surface area (Å²) in [5.41, 5.74) is 1.57. The maximum atomic E-state index is 12.1. The molecule has 3 aromatic rings. The highest BCUT2D eigenvalue weighted by Crippen LogP contribution is 2.27. The topological polar surface area (TPSA) is 114 Å². The first-order valence-corrected chi connectivity index (χ1v) is 9.76. The molecule has 1 aromatic carbocycles. The van der Waals surface area contributed by atoms with Crippen molar-refractivity contribution in [2.45, 2.75) is 32.0 Å². The lowest BCUT2D eigenvalue weighted by Gasteiger charge is -2.22. The standard InChI is InChI=1S/C20H20ClN5O4/c1-11(17-9-15(25-30-17)13-3-5-14(21)6-4-13)23-19-22-8-7-18(24-19)26-16(12(2)27)10-29-20(26)28/h3-9,11-12,16,27H,10H2,1-2H3,(H,22,23,24)/t11-,12+,16+/m0/s1. The molecule has 2 aromatic heterocycles. The minimum atomic E-state index is -0.762. The van der Waals surface area contributed by atoms with E-state index >= 15 is 0 Å². The van der Waals surface area contributed by atoms with Gasteiger partial charge >= 0.3 is 6.09 Å². The quantitative estimate of drug-likeness (QED) is 0.610. The highest BCUT2D eigenvalue weighted by Gasteiger charge is 2.38. The van der Waals surface area contributed by atoms with Crippen molar-refractivity contribution in [3.05, 3.63) is 53.4 Å². The molecule has 9 nitrogen and oxygen atoms in total. The van der Waals surface area contributed by atoms with Crippen molar-refractivity contribution < 1.29 is 19.2 Å². The third kappa shape index (κ3) is 4.07. The number of anilines is 2. The molecule has 0 bridgehead atoms. The van der Waals surface area contributed by atoms with Crippen molar-refractivity contribution in [1.29, 1.82) is 0 Å². The lowest BCUT2D eigenvalue weighted by molar-refractivity contribution is 0.142. The second-order valence-electron chi connectivity index (χ2n) is 6.98. The molecule has 0 saturated carbocycles. The van der Waals surface area contributed by atoms with E-state index in [0.29, 0.717) is 28.2 Å². The Labute approximate surface area is 177 Å². The fourth-order valence-corrected chi connectivity index (χ4v) is 3.25. The van der Waals surface area contributed by atoms with Crippen LogP contribution in [0.1, 0.15) is 25.6 Å². The van der Waals surface area contributed by atoms with Crippen molar-refractivity contribution >= 4 is 29.5 Å². The largest absolute Gasteiger partial charge is 0.447 e. The van der Waals surface area contributed by atoms with E-state index in [0.717, 1.165) is 5.56 Å². The maximum absolute atomic E-state index is 12.1. The molecule has 0 spiro atoms. The number of benzene rings is 1. The summed E-state index contributed by atoms with van der Waals surface area (Å²) >= 11 is 5.93. The molecule has 3 heterocycles. The van der Waals surface area contributed by atoms with Crippen molar-refractivity contribution in [2.75, 3.05) is 16.8 Å². The van der Waals surface area contributed by atoms with Crippen molar-refractivity contribution in [1.82, 2.24) is 15.1 Å². The third-order valence-electron chi connectivity index (χ3n) is 4.79. The molecule has 156 valence electrons. The smallest absolute Gasteiger partial charge is 0.416 e. The van der Waals surface area contributed by atoms with Crippen LogP contribution in [-0.2, 0) is 4.74 Å². The van der Waals surface area contributed by atoms with Gasteiger partial charge in [0.25, 0.3) is 0 Å². The number of aromatic nitrogens is 3. The van der Waals surface area contributed by atoms with E-state index in [1.807, 2.05) is 25.1 Å². The van der Waals surface area contributed by atoms with Crippen LogP contribution in [0.4, 0.5) is 16.6 Å². The van der Waals surface area contributed by atoms with Gasteiger partial charge in [0.15, 0.2) is 5.76 Å². The lowest BCUT2D eigenvalue weighted by Crippen LogP contribution is -2.41. The fraction of sp³-hybridized carbons (Fsp3) is 0.300. The van der Waals surface area contributed by atoms with Crippen molar-refractivity contribution in [3.8, 4) is 11.3 Å². The zero-order chi connectivity index (χ0) is 21.3. The number of nitrogens with zero attached hydrogens (tertiary/aromatic N) is 4. The van der Waals surface area contributed by atoms with Crippen LogP contribution in [0.5, 0.6) is 0 Å². The average molecular weight is 430 g/mol. The molecule has 4 rings (SSSR count). The Hall–Kier alpha value is -3.17. The molecular weight excluding hydrogens is 410 g/mol. The van der Waals surface area contributed by atoms with Gasteiger partial charge in [-0.05, 0) is 32.0 Å². The number of aliphatic hydroxyl groups is 1. The second-order valence-corrected chi connectivity index (χ2v) is 7.42. The van der Waals surface area contributed by atoms with Gasteiger partial charge in [-0.15, -0.1) is 0 Å². The molecular formula is C20H20ClN5O4. The molecule has 1 aliphatic heterocycles. The summed E-state index contributed by atoms with van der Waals surface area (Å²) in [4.78, 5) is 22.0. The molecule has 10 heteroatoms. The molecule has 1 aliphatic rings. The van der Waals surface area contributed by atoms with E-state index < -0.39 is 18.2 Å². The van der Waals surface area contributed by atoms with Gasteiger partial charge in [-0.25, -0.2) is 9.78 Å². The average Bonchev–Trinajstić information content (AvgIpc) is 3.36. The number of hydrogen-bond acceptors (Lipinski definition) is 8. The fourth-order valence-electron chi connectivity index (χ4n) is 3.12. The van der Waals surface area contributed by atoms with Gasteiger partial charge in [0.2, 0.25) is 5.95 Å². The van der Waals surface area contributed by atoms with Crippen LogP contribution >= 0.6 is 11.6 Å². The van der Waals surface area contributed by atoms with Crippen LogP contribution in [0.3, 0.4) is 0 Å². The number of ether oxygens (including phenoxy) is 1. The zero-order valence-corrected chi connectivity index (χ0v) is 17.1. The predicted octanol–water partition coefficient (Wildman–Crippen LogP) is 3.66. The van der Waals surface area contributed by atoms with E-state index in [2.05, 4.69) is 20.4 Å². The Kier molecular flexibility index (Phi) is 5.56. The minimum absolute atomic E-state index is 0.102. The summed E-state index contributed by atoms with van der Waals surface area (Å²) in [6.07, 6.45) is 0.213. The Morgan fingerprint density at radius 2 is 2.03 bits per heavy atom. The van der Waals surface area contributed by atoms with E-state index in [1.54, 1.807) is 25.1 Å². The van der Waals surface area contributed by atoms with Gasteiger partial charge in [0.05, 0.1) is 12.1 Å². The zero-order valence-electron chi connectivity index (χ0n) is 16.3. The predicted molar refractivity (Wildman–Crippen MR) is 110 cm³/mol. The number of amides is 1. The third-order valence-corrected chi connectivity index (χ3v) is 5.04. The molecule has 3 atom stereocenters. The minimum Gasteiger partial charge on any atom is -0.447 e. The summed E-state index contributed by atoms with van der Waals surface area (Å²) in [6.45, 7) is 3.58. The molecule has 1 fully saturated rings. The summed E-state index contributed by atoms with van der Waals surface area (Å²) < 4.78 is 10.5. The first-order valence-electron chi connectivity index (χ1n) is 9.38. The first kappa shape index (κ1) is 20.1. The van der Waals surface area contributed by atoms with Gasteiger partial charge in [-0.3, -0.25) is 4.90 Å². The van der Waals surface area contributed by atoms with E-state index in [1.165, 1.54) is 11.1 Å². The van der Waals surface area contributed by atoms with Gasteiger partial charge in [0, 0.05) is 22.8 Å². The number of halogens is 1. The summed E-state index contributed by atoms with van der Waals surface area (Å²) in [7, 11) is 0. The lowest BCUT2D eigenvalue weighted by atomic mass is 10.1. The molecule has 1 saturated heterocycles. The Morgan fingerprint density at radius 3 is 2.77 bits per heavy atom. The number of hydrogen-bond donors (Lipinski definition) is 2. The highest BCUT2D eigenvalue weighted by atomic mass is 35.5. The van der Waals surface area contributed by atoms with E-state index in [9.17, 15) is 9.90 Å². The van der Waals surface area contributed by atoms with Gasteiger partial charge in [0.1, 0.15) is 24.2 Å². The summed E-state index contributed by atoms with van der Waals surface area (Å²) in [5.74, 6) is 1.23. The Bertz CT molecular complexity index is 1040. The molecule has 1 amide bonds. The van der Waals surface area contributed by atoms with Gasteiger partial charge in [-0.1, -0.05) is 28.9 Å². The number of rotatable bonds is 6. The molecule has 0 unspecified atom stereocenters. The number of carbonyl (C=O) groups is 1. The SMILES string of the molecule is C[C@H](Nc1nccc(N2C(=O)OC[C@@H]2[C@@H](C)O)n1)c1cc(-c2ccc(Cl)cc2)no1. The maximum Gasteiger partial charge on any atom is 0.416 e. The van der Waals surface area contributed by atoms with Crippen LogP contribution in [-0.4, -0.2) is 45.1 Å². The second kappa shape index (κ2) is 8.29. The van der Waals surface area contributed by atoms with Crippen LogP contribution in [0.15, 0.2) is 47.1 Å². The van der Waals surface area contributed by atoms with Crippen LogP contribution < -0.4 is 10.2 Å². The Balaban J connectivity index is 1.50. The van der Waals surface area contributed by atoms with Crippen molar-refractivity contribution in [3.63, 3.8) is 0 Å². The van der Waals surface area contributed by atoms with Gasteiger partial charge < -0.3 is 19.7 Å². The number of cyclic esters (lactones) is 1. The Morgan fingerprint density at radius 1 is 1.27 bits per heavy atom. The number of carbonyl (C=O) groups excluding carboxylic acids is 1. The van der Waals surface area contributed by atoms with Crippen LogP contribution in [0.25, 0.3) is 11.3 Å². The van der Waals surface area contributed by atoms with Gasteiger partial charge in [-0.2, -0.15) is 4.98 Å². The molecule has 2 N–H and O–H groups in total. The van der Waals surface area contributed by atoms with Crippen LogP contribution in [0, 0.1) is 0 Å². The molecule has 0 radical (unpaired) electrons. The van der Waals surface area contributed by atoms with E-state index in [4.69, 9.17) is 20.9 Å². The number of nitrogens with one attached hydrogen (secondary N) is 1. The van der Waals surface area contributed by atoms with E-state index in [-0.39, 0.29) is 12.6 Å². The highest BCUT2D eigenvalue weighted by molar-refractivity contribution is 6.30. The summed E-state index contributed by atoms with van der Waals surface area (Å²) in [6, 6.07) is 9.93. The first-order chi connectivity index (χ1) is 14.4. The number of aliphatic hydroxyl groups excluding tert-OH is 1. The van der Waals surface area contributed by atoms with Crippen molar-refractivity contribution in [2.24, 2.45) is 0 Å². The van der Waals surface area contributed by atoms with Crippen LogP contribution in [0.2, 0.25) is 5.02 Å². The summed E-state index contributed by atoms with van der Waals surface area (Å²) in [5, 5.41) is 17.8.